The maximum Gasteiger partial charge on any atom is 0.303 e. The zero-order chi connectivity index (χ0) is 21.5. The summed E-state index contributed by atoms with van der Waals surface area (Å²) in [5.74, 6) is 0.297. The van der Waals surface area contributed by atoms with Crippen molar-refractivity contribution in [3.05, 3.63) is 94.5 Å². The summed E-state index contributed by atoms with van der Waals surface area (Å²) in [5, 5.41) is 11.8. The minimum atomic E-state index is -0.812. The fraction of sp³-hybridized carbons (Fsp3) is 0.200. The number of aliphatic carboxylic acids is 1. The molecule has 1 amide bonds. The van der Waals surface area contributed by atoms with E-state index in [1.54, 1.807) is 12.1 Å². The van der Waals surface area contributed by atoms with Crippen LogP contribution in [0.15, 0.2) is 66.7 Å². The number of rotatable bonds is 8. The monoisotopic (exact) mass is 403 g/mol. The second kappa shape index (κ2) is 9.74. The van der Waals surface area contributed by atoms with E-state index in [0.717, 1.165) is 22.3 Å². The summed E-state index contributed by atoms with van der Waals surface area (Å²) < 4.78 is 6.03. The molecular weight excluding hydrogens is 378 g/mol. The minimum absolute atomic E-state index is 0.0975. The third-order valence-electron chi connectivity index (χ3n) is 4.97. The summed E-state index contributed by atoms with van der Waals surface area (Å²) in [6.45, 7) is 4.26. The number of benzene rings is 3. The summed E-state index contributed by atoms with van der Waals surface area (Å²) in [4.78, 5) is 23.4. The predicted octanol–water partition coefficient (Wildman–Crippen LogP) is 5.04. The fourth-order valence-corrected chi connectivity index (χ4v) is 3.23. The number of nitrogens with one attached hydrogen (secondary N) is 1. The van der Waals surface area contributed by atoms with E-state index in [4.69, 9.17) is 9.84 Å². The molecule has 0 fully saturated rings. The van der Waals surface area contributed by atoms with Gasteiger partial charge in [0.2, 0.25) is 0 Å². The van der Waals surface area contributed by atoms with E-state index in [1.165, 1.54) is 0 Å². The zero-order valence-electron chi connectivity index (χ0n) is 17.1. The number of ether oxygens (including phenoxy) is 1. The normalized spacial score (nSPS) is 10.5. The van der Waals surface area contributed by atoms with Gasteiger partial charge in [0, 0.05) is 24.1 Å². The van der Waals surface area contributed by atoms with E-state index in [1.807, 2.05) is 68.4 Å². The molecule has 0 aliphatic rings. The summed E-state index contributed by atoms with van der Waals surface area (Å²) in [7, 11) is 0. The second-order valence-electron chi connectivity index (χ2n) is 7.18. The third-order valence-corrected chi connectivity index (χ3v) is 4.97. The minimum Gasteiger partial charge on any atom is -0.481 e. The van der Waals surface area contributed by atoms with Crippen LogP contribution >= 0.6 is 0 Å². The van der Waals surface area contributed by atoms with E-state index in [0.29, 0.717) is 30.0 Å². The molecule has 5 heteroatoms. The van der Waals surface area contributed by atoms with Crippen molar-refractivity contribution >= 4 is 11.9 Å². The van der Waals surface area contributed by atoms with Crippen LogP contribution in [-0.4, -0.2) is 17.0 Å². The lowest BCUT2D eigenvalue weighted by molar-refractivity contribution is -0.136. The number of amides is 1. The number of hydrogen-bond acceptors (Lipinski definition) is 3. The van der Waals surface area contributed by atoms with Gasteiger partial charge in [0.15, 0.2) is 0 Å². The van der Waals surface area contributed by atoms with Crippen molar-refractivity contribution in [2.24, 2.45) is 0 Å². The second-order valence-corrected chi connectivity index (χ2v) is 7.18. The van der Waals surface area contributed by atoms with Crippen LogP contribution in [0.3, 0.4) is 0 Å². The van der Waals surface area contributed by atoms with E-state index >= 15 is 0 Å². The number of aryl methyl sites for hydroxylation is 2. The molecule has 0 atom stereocenters. The van der Waals surface area contributed by atoms with Crippen LogP contribution in [0.1, 0.15) is 39.0 Å². The highest BCUT2D eigenvalue weighted by atomic mass is 16.5. The Bertz CT molecular complexity index is 1040. The highest BCUT2D eigenvalue weighted by Gasteiger charge is 2.13. The van der Waals surface area contributed by atoms with Gasteiger partial charge in [0.1, 0.15) is 11.5 Å². The molecule has 2 N–H and O–H groups in total. The number of carboxylic acid groups (broad SMARTS) is 1. The highest BCUT2D eigenvalue weighted by molar-refractivity contribution is 5.96. The molecule has 5 nitrogen and oxygen atoms in total. The molecule has 3 aromatic carbocycles. The Kier molecular flexibility index (Phi) is 6.86. The van der Waals surface area contributed by atoms with Gasteiger partial charge in [-0.15, -0.1) is 0 Å². The number of hydrogen-bond donors (Lipinski definition) is 2. The quantitative estimate of drug-likeness (QED) is 0.552. The maximum atomic E-state index is 12.7. The first-order valence-corrected chi connectivity index (χ1v) is 9.85. The SMILES string of the molecule is Cc1cc(Oc2cccc(C(=O)NCc3ccccc3)c2C)ccc1CCC(=O)O. The lowest BCUT2D eigenvalue weighted by Gasteiger charge is -2.14. The Morgan fingerprint density at radius 1 is 0.967 bits per heavy atom. The lowest BCUT2D eigenvalue weighted by atomic mass is 10.0. The molecule has 3 aromatic rings. The first-order chi connectivity index (χ1) is 14.4. The molecule has 0 bridgehead atoms. The van der Waals surface area contributed by atoms with E-state index < -0.39 is 5.97 Å². The summed E-state index contributed by atoms with van der Waals surface area (Å²) in [6.07, 6.45) is 0.581. The standard InChI is InChI=1S/C25H25NO4/c1-17-15-21(13-11-20(17)12-14-24(27)28)30-23-10-6-9-22(18(23)2)25(29)26-16-19-7-4-3-5-8-19/h3-11,13,15H,12,14,16H2,1-2H3,(H,26,29)(H,27,28). The fourth-order valence-electron chi connectivity index (χ4n) is 3.23. The predicted molar refractivity (Wildman–Crippen MR) is 116 cm³/mol. The maximum absolute atomic E-state index is 12.7. The van der Waals surface area contributed by atoms with Crippen LogP contribution in [0.25, 0.3) is 0 Å². The Balaban J connectivity index is 1.71. The van der Waals surface area contributed by atoms with Gasteiger partial charge in [-0.2, -0.15) is 0 Å². The molecule has 0 saturated carbocycles. The number of carbonyl (C=O) groups excluding carboxylic acids is 1. The molecule has 30 heavy (non-hydrogen) atoms. The molecule has 0 aliphatic heterocycles. The van der Waals surface area contributed by atoms with Gasteiger partial charge in [0.05, 0.1) is 0 Å². The van der Waals surface area contributed by atoms with Gasteiger partial charge in [-0.25, -0.2) is 0 Å². The first kappa shape index (κ1) is 21.1. The van der Waals surface area contributed by atoms with Crippen molar-refractivity contribution in [2.45, 2.75) is 33.2 Å². The Morgan fingerprint density at radius 3 is 2.43 bits per heavy atom. The smallest absolute Gasteiger partial charge is 0.303 e. The van der Waals surface area contributed by atoms with Gasteiger partial charge >= 0.3 is 5.97 Å². The molecule has 0 spiro atoms. The Morgan fingerprint density at radius 2 is 1.73 bits per heavy atom. The van der Waals surface area contributed by atoms with Crippen molar-refractivity contribution in [1.29, 1.82) is 0 Å². The van der Waals surface area contributed by atoms with Crippen LogP contribution in [-0.2, 0) is 17.8 Å². The van der Waals surface area contributed by atoms with Crippen molar-refractivity contribution in [3.63, 3.8) is 0 Å². The number of carbonyl (C=O) groups is 2. The molecule has 0 unspecified atom stereocenters. The van der Waals surface area contributed by atoms with Gasteiger partial charge in [-0.3, -0.25) is 9.59 Å². The molecule has 3 rings (SSSR count). The van der Waals surface area contributed by atoms with Crippen LogP contribution < -0.4 is 10.1 Å². The Hall–Kier alpha value is -3.60. The first-order valence-electron chi connectivity index (χ1n) is 9.85. The largest absolute Gasteiger partial charge is 0.481 e. The molecule has 0 aromatic heterocycles. The van der Waals surface area contributed by atoms with Crippen molar-refractivity contribution in [1.82, 2.24) is 5.32 Å². The average Bonchev–Trinajstić information content (AvgIpc) is 2.73. The summed E-state index contributed by atoms with van der Waals surface area (Å²) in [6, 6.07) is 20.8. The topological polar surface area (TPSA) is 75.6 Å². The van der Waals surface area contributed by atoms with Crippen molar-refractivity contribution in [2.75, 3.05) is 0 Å². The van der Waals surface area contributed by atoms with Crippen molar-refractivity contribution in [3.8, 4) is 11.5 Å². The van der Waals surface area contributed by atoms with Crippen molar-refractivity contribution < 1.29 is 19.4 Å². The zero-order valence-corrected chi connectivity index (χ0v) is 17.1. The van der Waals surface area contributed by atoms with Gasteiger partial charge in [-0.05, 0) is 61.2 Å². The van der Waals surface area contributed by atoms with Gasteiger partial charge < -0.3 is 15.2 Å². The molecular formula is C25H25NO4. The van der Waals surface area contributed by atoms with Gasteiger partial charge in [0.25, 0.3) is 5.91 Å². The highest BCUT2D eigenvalue weighted by Crippen LogP contribution is 2.29. The van der Waals surface area contributed by atoms with Crippen LogP contribution in [0.4, 0.5) is 0 Å². The summed E-state index contributed by atoms with van der Waals surface area (Å²) in [5.41, 5.74) is 4.32. The molecule has 0 aliphatic carbocycles. The van der Waals surface area contributed by atoms with E-state index in [9.17, 15) is 9.59 Å². The molecule has 0 heterocycles. The lowest BCUT2D eigenvalue weighted by Crippen LogP contribution is -2.23. The van der Waals surface area contributed by atoms with Gasteiger partial charge in [-0.1, -0.05) is 42.5 Å². The molecule has 0 saturated heterocycles. The van der Waals surface area contributed by atoms with Crippen LogP contribution in [0.2, 0.25) is 0 Å². The molecule has 0 radical (unpaired) electrons. The Labute approximate surface area is 176 Å². The van der Waals surface area contributed by atoms with Crippen LogP contribution in [0, 0.1) is 13.8 Å². The third kappa shape index (κ3) is 5.47. The van der Waals surface area contributed by atoms with Crippen LogP contribution in [0.5, 0.6) is 11.5 Å². The number of carboxylic acids is 1. The van der Waals surface area contributed by atoms with E-state index in [-0.39, 0.29) is 12.3 Å². The van der Waals surface area contributed by atoms with E-state index in [2.05, 4.69) is 5.32 Å². The summed E-state index contributed by atoms with van der Waals surface area (Å²) >= 11 is 0. The molecule has 154 valence electrons. The average molecular weight is 403 g/mol.